The molecule has 1 atom stereocenters. The summed E-state index contributed by atoms with van der Waals surface area (Å²) >= 11 is 0. The number of aliphatic hydroxyl groups is 1. The third-order valence-electron chi connectivity index (χ3n) is 4.06. The lowest BCUT2D eigenvalue weighted by Crippen LogP contribution is -2.40. The number of ether oxygens (including phenoxy) is 2. The summed E-state index contributed by atoms with van der Waals surface area (Å²) in [5.74, 6) is -0.919. The number of morpholine rings is 1. The lowest BCUT2D eigenvalue weighted by molar-refractivity contribution is -0.183. The van der Waals surface area contributed by atoms with Crippen molar-refractivity contribution in [2.45, 2.75) is 17.2 Å². The molecule has 10 heteroatoms. The van der Waals surface area contributed by atoms with E-state index >= 15 is 0 Å². The van der Waals surface area contributed by atoms with Gasteiger partial charge in [0.25, 0.3) is 0 Å². The fourth-order valence-corrected chi connectivity index (χ4v) is 4.20. The Morgan fingerprint density at radius 3 is 2.50 bits per heavy atom. The van der Waals surface area contributed by atoms with E-state index in [2.05, 4.69) is 6.58 Å². The highest BCUT2D eigenvalue weighted by Crippen LogP contribution is 2.39. The van der Waals surface area contributed by atoms with E-state index in [4.69, 9.17) is 9.47 Å². The maximum Gasteiger partial charge on any atom is 0.429 e. The van der Waals surface area contributed by atoms with Gasteiger partial charge in [0.05, 0.1) is 18.1 Å². The van der Waals surface area contributed by atoms with Gasteiger partial charge in [0.15, 0.2) is 0 Å². The fourth-order valence-electron chi connectivity index (χ4n) is 2.75. The third-order valence-corrected chi connectivity index (χ3v) is 5.95. The van der Waals surface area contributed by atoms with E-state index in [1.807, 2.05) is 0 Å². The number of aliphatic hydroxyl groups excluding tert-OH is 1. The molecule has 26 heavy (non-hydrogen) atoms. The molecule has 2 heterocycles. The Kier molecular flexibility index (Phi) is 4.76. The Morgan fingerprint density at radius 2 is 1.92 bits per heavy atom. The molecule has 1 N–H and O–H groups in total. The van der Waals surface area contributed by atoms with Gasteiger partial charge in [0.1, 0.15) is 11.5 Å². The van der Waals surface area contributed by atoms with Gasteiger partial charge in [0, 0.05) is 24.2 Å². The minimum Gasteiger partial charge on any atom is -0.508 e. The van der Waals surface area contributed by atoms with Gasteiger partial charge in [-0.1, -0.05) is 6.58 Å². The molecule has 1 aromatic carbocycles. The zero-order valence-electron chi connectivity index (χ0n) is 13.5. The topological polar surface area (TPSA) is 76.1 Å². The third kappa shape index (κ3) is 3.44. The number of hydrogen-bond acceptors (Lipinski definition) is 5. The summed E-state index contributed by atoms with van der Waals surface area (Å²) in [6.45, 7) is 4.06. The molecule has 0 aliphatic carbocycles. The van der Waals surface area contributed by atoms with Gasteiger partial charge < -0.3 is 14.6 Å². The van der Waals surface area contributed by atoms with E-state index < -0.39 is 33.6 Å². The Morgan fingerprint density at radius 1 is 1.27 bits per heavy atom. The molecule has 0 aromatic heterocycles. The van der Waals surface area contributed by atoms with Crippen molar-refractivity contribution in [1.29, 1.82) is 0 Å². The molecule has 1 saturated heterocycles. The average Bonchev–Trinajstić information content (AvgIpc) is 2.60. The fraction of sp³-hybridized carbons (Fsp3) is 0.375. The first-order valence-electron chi connectivity index (χ1n) is 7.66. The highest BCUT2D eigenvalue weighted by atomic mass is 32.2. The minimum atomic E-state index is -4.76. The summed E-state index contributed by atoms with van der Waals surface area (Å²) in [5, 5.41) is 9.49. The molecule has 2 aliphatic rings. The van der Waals surface area contributed by atoms with Crippen molar-refractivity contribution in [3.05, 3.63) is 41.7 Å². The van der Waals surface area contributed by atoms with Crippen LogP contribution in [0.1, 0.15) is 5.56 Å². The van der Waals surface area contributed by atoms with Crippen LogP contribution in [0.15, 0.2) is 41.0 Å². The van der Waals surface area contributed by atoms with E-state index in [-0.39, 0.29) is 42.5 Å². The predicted octanol–water partition coefficient (Wildman–Crippen LogP) is 2.49. The highest BCUT2D eigenvalue weighted by Gasteiger charge is 2.47. The number of halogens is 3. The molecule has 0 spiro atoms. The zero-order valence-corrected chi connectivity index (χ0v) is 14.3. The lowest BCUT2D eigenvalue weighted by Gasteiger charge is -2.29. The van der Waals surface area contributed by atoms with Crippen LogP contribution < -0.4 is 4.74 Å². The maximum absolute atomic E-state index is 13.1. The molecule has 1 fully saturated rings. The lowest BCUT2D eigenvalue weighted by atomic mass is 10.00. The average molecular weight is 391 g/mol. The number of nitrogens with zero attached hydrogens (tertiary/aromatic N) is 1. The summed E-state index contributed by atoms with van der Waals surface area (Å²) in [5.41, 5.74) is -0.448. The quantitative estimate of drug-likeness (QED) is 0.802. The van der Waals surface area contributed by atoms with Crippen molar-refractivity contribution in [3.8, 4) is 5.75 Å². The standard InChI is InChI=1S/C16H16F3NO5S/c1-10(21)13-9-11-8-12(26(22,23)20-4-6-24-7-5-20)2-3-14(11)25-15(13)16(17,18)19/h2-3,8-9,15,21H,1,4-7H2. The molecule has 2 aliphatic heterocycles. The van der Waals surface area contributed by atoms with Crippen LogP contribution in [0.5, 0.6) is 5.75 Å². The largest absolute Gasteiger partial charge is 0.508 e. The molecule has 0 saturated carbocycles. The van der Waals surface area contributed by atoms with Crippen molar-refractivity contribution >= 4 is 16.1 Å². The normalized spacial score (nSPS) is 21.5. The number of rotatable bonds is 3. The summed E-state index contributed by atoms with van der Waals surface area (Å²) in [4.78, 5) is -0.0774. The molecule has 1 aromatic rings. The summed E-state index contributed by atoms with van der Waals surface area (Å²) in [6.07, 6.45) is -6.08. The summed E-state index contributed by atoms with van der Waals surface area (Å²) in [6, 6.07) is 3.59. The van der Waals surface area contributed by atoms with Crippen LogP contribution in [0.2, 0.25) is 0 Å². The Bertz CT molecular complexity index is 857. The van der Waals surface area contributed by atoms with Crippen molar-refractivity contribution < 1.29 is 36.2 Å². The number of benzene rings is 1. The molecule has 3 rings (SSSR count). The minimum absolute atomic E-state index is 0.0774. The molecule has 0 radical (unpaired) electrons. The number of alkyl halides is 3. The monoisotopic (exact) mass is 391 g/mol. The van der Waals surface area contributed by atoms with Crippen LogP contribution in [-0.4, -0.2) is 56.4 Å². The van der Waals surface area contributed by atoms with Gasteiger partial charge >= 0.3 is 6.18 Å². The number of hydrogen-bond donors (Lipinski definition) is 1. The highest BCUT2D eigenvalue weighted by molar-refractivity contribution is 7.89. The van der Waals surface area contributed by atoms with E-state index in [0.717, 1.165) is 6.08 Å². The van der Waals surface area contributed by atoms with E-state index in [9.17, 15) is 26.7 Å². The Labute approximate surface area is 148 Å². The first kappa shape index (κ1) is 18.7. The van der Waals surface area contributed by atoms with Crippen LogP contribution in [0.4, 0.5) is 13.2 Å². The van der Waals surface area contributed by atoms with Crippen molar-refractivity contribution in [2.75, 3.05) is 26.3 Å². The molecule has 0 bridgehead atoms. The second-order valence-electron chi connectivity index (χ2n) is 5.80. The summed E-state index contributed by atoms with van der Waals surface area (Å²) in [7, 11) is -3.81. The molecule has 1 unspecified atom stereocenters. The Hall–Kier alpha value is -2.04. The van der Waals surface area contributed by atoms with Crippen LogP contribution in [0.25, 0.3) is 6.08 Å². The van der Waals surface area contributed by atoms with Crippen molar-refractivity contribution in [2.24, 2.45) is 0 Å². The summed E-state index contributed by atoms with van der Waals surface area (Å²) < 4.78 is 76.0. The second kappa shape index (κ2) is 6.60. The van der Waals surface area contributed by atoms with E-state index in [0.29, 0.717) is 0 Å². The number of sulfonamides is 1. The Balaban J connectivity index is 2.01. The maximum atomic E-state index is 13.1. The first-order chi connectivity index (χ1) is 12.1. The molecule has 0 amide bonds. The van der Waals surface area contributed by atoms with Crippen molar-refractivity contribution in [1.82, 2.24) is 4.31 Å². The van der Waals surface area contributed by atoms with E-state index in [1.54, 1.807) is 0 Å². The first-order valence-corrected chi connectivity index (χ1v) is 9.10. The van der Waals surface area contributed by atoms with Gasteiger partial charge in [-0.05, 0) is 24.3 Å². The molecular weight excluding hydrogens is 375 g/mol. The van der Waals surface area contributed by atoms with Crippen molar-refractivity contribution in [3.63, 3.8) is 0 Å². The predicted molar refractivity (Wildman–Crippen MR) is 86.2 cm³/mol. The molecule has 142 valence electrons. The van der Waals surface area contributed by atoms with Crippen LogP contribution in [-0.2, 0) is 14.8 Å². The van der Waals surface area contributed by atoms with Crippen LogP contribution in [0.3, 0.4) is 0 Å². The van der Waals surface area contributed by atoms with Gasteiger partial charge in [0.2, 0.25) is 16.1 Å². The smallest absolute Gasteiger partial charge is 0.429 e. The van der Waals surface area contributed by atoms with Crippen LogP contribution >= 0.6 is 0 Å². The second-order valence-corrected chi connectivity index (χ2v) is 7.74. The van der Waals surface area contributed by atoms with E-state index in [1.165, 1.54) is 22.5 Å². The van der Waals surface area contributed by atoms with Gasteiger partial charge in [-0.2, -0.15) is 17.5 Å². The van der Waals surface area contributed by atoms with Gasteiger partial charge in [-0.3, -0.25) is 0 Å². The van der Waals surface area contributed by atoms with Gasteiger partial charge in [-0.25, -0.2) is 8.42 Å². The van der Waals surface area contributed by atoms with Crippen LogP contribution in [0, 0.1) is 0 Å². The number of fused-ring (bicyclic) bond motifs is 1. The SMILES string of the molecule is C=C(O)C1=Cc2cc(S(=O)(=O)N3CCOCC3)ccc2OC1C(F)(F)F. The zero-order chi connectivity index (χ0) is 19.1. The van der Waals surface area contributed by atoms with Gasteiger partial charge in [-0.15, -0.1) is 0 Å². The molecule has 6 nitrogen and oxygen atoms in total. The molecular formula is C16H16F3NO5S.